The Bertz CT molecular complexity index is 1880. The molecule has 16 heteroatoms. The molecule has 1 amide bonds. The SMILES string of the molecule is N=C(N)c1ccc2nc(-c3cc(CC(=O)N[C@H](CC(=O)O)C(=O)O)cc(-c4cc(S(N)(=O)=O)ccc4O)c3O)[nH]c2c1. The fourth-order valence-corrected chi connectivity index (χ4v) is 4.74. The van der Waals surface area contributed by atoms with E-state index in [0.717, 1.165) is 18.2 Å². The van der Waals surface area contributed by atoms with E-state index in [1.807, 2.05) is 0 Å². The summed E-state index contributed by atoms with van der Waals surface area (Å²) in [6.07, 6.45) is -1.38. The Morgan fingerprint density at radius 1 is 1.00 bits per heavy atom. The van der Waals surface area contributed by atoms with Crippen molar-refractivity contribution in [2.45, 2.75) is 23.8 Å². The van der Waals surface area contributed by atoms with Crippen molar-refractivity contribution in [2.75, 3.05) is 0 Å². The number of nitrogens with two attached hydrogens (primary N) is 2. The number of hydrogen-bond donors (Lipinski definition) is 9. The minimum absolute atomic E-state index is 0.0107. The van der Waals surface area contributed by atoms with E-state index in [0.29, 0.717) is 16.6 Å². The zero-order chi connectivity index (χ0) is 30.9. The summed E-state index contributed by atoms with van der Waals surface area (Å²) in [5.74, 6) is -4.89. The van der Waals surface area contributed by atoms with Crippen LogP contribution >= 0.6 is 0 Å². The van der Waals surface area contributed by atoms with Crippen LogP contribution in [0.25, 0.3) is 33.5 Å². The molecule has 218 valence electrons. The van der Waals surface area contributed by atoms with Gasteiger partial charge in [0.25, 0.3) is 0 Å². The van der Waals surface area contributed by atoms with Gasteiger partial charge in [-0.05, 0) is 54.1 Å². The largest absolute Gasteiger partial charge is 0.507 e. The van der Waals surface area contributed by atoms with E-state index >= 15 is 0 Å². The van der Waals surface area contributed by atoms with Gasteiger partial charge in [0, 0.05) is 16.7 Å². The van der Waals surface area contributed by atoms with Gasteiger partial charge in [0.05, 0.1) is 34.3 Å². The van der Waals surface area contributed by atoms with Gasteiger partial charge < -0.3 is 36.5 Å². The first kappa shape index (κ1) is 29.5. The molecule has 11 N–H and O–H groups in total. The lowest BCUT2D eigenvalue weighted by Crippen LogP contribution is -2.42. The number of nitrogen functional groups attached to an aromatic ring is 1. The van der Waals surface area contributed by atoms with Crippen molar-refractivity contribution in [3.63, 3.8) is 0 Å². The molecule has 4 rings (SSSR count). The molecule has 1 aromatic heterocycles. The molecule has 3 aromatic carbocycles. The van der Waals surface area contributed by atoms with E-state index in [9.17, 15) is 38.1 Å². The molecule has 0 saturated heterocycles. The quantitative estimate of drug-likeness (QED) is 0.0912. The predicted molar refractivity (Wildman–Crippen MR) is 148 cm³/mol. The Morgan fingerprint density at radius 3 is 2.31 bits per heavy atom. The Hall–Kier alpha value is -5.48. The number of amidine groups is 1. The van der Waals surface area contributed by atoms with Crippen molar-refractivity contribution in [1.82, 2.24) is 15.3 Å². The summed E-state index contributed by atoms with van der Waals surface area (Å²) in [6, 6.07) is 8.75. The van der Waals surface area contributed by atoms with Gasteiger partial charge in [-0.3, -0.25) is 15.0 Å². The lowest BCUT2D eigenvalue weighted by molar-refractivity contribution is -0.147. The van der Waals surface area contributed by atoms with Crippen molar-refractivity contribution in [2.24, 2.45) is 10.9 Å². The number of imidazole rings is 1. The van der Waals surface area contributed by atoms with Crippen LogP contribution in [0.1, 0.15) is 17.5 Å². The van der Waals surface area contributed by atoms with Crippen molar-refractivity contribution in [3.05, 3.63) is 59.7 Å². The third-order valence-corrected chi connectivity index (χ3v) is 7.09. The van der Waals surface area contributed by atoms with Crippen LogP contribution in [0.15, 0.2) is 53.4 Å². The summed E-state index contributed by atoms with van der Waals surface area (Å²) in [4.78, 5) is 42.2. The summed E-state index contributed by atoms with van der Waals surface area (Å²) in [6.45, 7) is 0. The molecule has 1 heterocycles. The number of sulfonamides is 1. The second kappa shape index (κ2) is 11.2. The zero-order valence-electron chi connectivity index (χ0n) is 21.5. The topological polar surface area (TPSA) is 283 Å². The van der Waals surface area contributed by atoms with Gasteiger partial charge in [-0.2, -0.15) is 0 Å². The maximum absolute atomic E-state index is 12.8. The molecule has 0 radical (unpaired) electrons. The summed E-state index contributed by atoms with van der Waals surface area (Å²) >= 11 is 0. The summed E-state index contributed by atoms with van der Waals surface area (Å²) in [7, 11) is -4.22. The lowest BCUT2D eigenvalue weighted by Gasteiger charge is -2.16. The monoisotopic (exact) mass is 596 g/mol. The number of H-pyrrole nitrogens is 1. The Labute approximate surface area is 237 Å². The van der Waals surface area contributed by atoms with Gasteiger partial charge in [0.2, 0.25) is 15.9 Å². The minimum Gasteiger partial charge on any atom is -0.507 e. The van der Waals surface area contributed by atoms with Crippen molar-refractivity contribution in [3.8, 4) is 34.0 Å². The highest BCUT2D eigenvalue weighted by Gasteiger charge is 2.25. The number of aromatic amines is 1. The molecule has 15 nitrogen and oxygen atoms in total. The number of carboxylic acids is 2. The van der Waals surface area contributed by atoms with Gasteiger partial charge >= 0.3 is 11.9 Å². The number of nitrogens with one attached hydrogen (secondary N) is 3. The molecule has 0 bridgehead atoms. The standard InChI is InChI=1S/C26H24N6O9S/c27-24(28)12-1-3-17-18(8-12)32-25(31-17)16-6-11(7-21(34)30-19(26(38)39)10-22(35)36)5-15(23(16)37)14-9-13(42(29,40)41)2-4-20(14)33/h1-6,8-9,19,33,37H,7,10H2,(H3,27,28)(H,30,34)(H,31,32)(H,35,36)(H,38,39)(H2,29,40,41)/t19-/m1/s1. The first-order chi connectivity index (χ1) is 19.6. The van der Waals surface area contributed by atoms with Gasteiger partial charge in [-0.25, -0.2) is 23.3 Å². The normalized spacial score (nSPS) is 12.1. The summed E-state index contributed by atoms with van der Waals surface area (Å²) < 4.78 is 23.9. The Morgan fingerprint density at radius 2 is 1.69 bits per heavy atom. The Kier molecular flexibility index (Phi) is 7.86. The molecular formula is C26H24N6O9S. The van der Waals surface area contributed by atoms with E-state index in [4.69, 9.17) is 21.4 Å². The number of rotatable bonds is 10. The molecule has 42 heavy (non-hydrogen) atoms. The number of aromatic hydroxyl groups is 2. The van der Waals surface area contributed by atoms with Crippen molar-refractivity contribution in [1.29, 1.82) is 5.41 Å². The molecule has 1 atom stereocenters. The number of benzene rings is 3. The fraction of sp³-hybridized carbons (Fsp3) is 0.115. The van der Waals surface area contributed by atoms with Crippen molar-refractivity contribution < 1.29 is 43.2 Å². The minimum atomic E-state index is -4.22. The van der Waals surface area contributed by atoms with Crippen LogP contribution in [0.3, 0.4) is 0 Å². The van der Waals surface area contributed by atoms with E-state index in [1.165, 1.54) is 12.1 Å². The smallest absolute Gasteiger partial charge is 0.326 e. The van der Waals surface area contributed by atoms with Crippen LogP contribution in [0.4, 0.5) is 0 Å². The Balaban J connectivity index is 1.87. The number of primary sulfonamides is 1. The molecule has 0 spiro atoms. The molecule has 0 unspecified atom stereocenters. The molecule has 0 aliphatic carbocycles. The van der Waals surface area contributed by atoms with E-state index in [1.54, 1.807) is 18.2 Å². The molecule has 0 saturated carbocycles. The van der Waals surface area contributed by atoms with Gasteiger partial charge in [-0.15, -0.1) is 0 Å². The number of nitrogens with zero attached hydrogens (tertiary/aromatic N) is 1. The number of fused-ring (bicyclic) bond motifs is 1. The number of phenolic OH excluding ortho intramolecular Hbond substituents is 2. The number of aromatic nitrogens is 2. The molecule has 0 aliphatic rings. The number of carbonyl (C=O) groups excluding carboxylic acids is 1. The average Bonchev–Trinajstić information content (AvgIpc) is 3.32. The molecular weight excluding hydrogens is 572 g/mol. The van der Waals surface area contributed by atoms with Crippen LogP contribution in [-0.2, 0) is 30.8 Å². The van der Waals surface area contributed by atoms with Crippen LogP contribution in [0, 0.1) is 5.41 Å². The van der Waals surface area contributed by atoms with Crippen LogP contribution in [-0.4, -0.2) is 68.5 Å². The third kappa shape index (κ3) is 6.29. The van der Waals surface area contributed by atoms with Gasteiger partial charge in [0.15, 0.2) is 0 Å². The predicted octanol–water partition coefficient (Wildman–Crippen LogP) is 0.826. The average molecular weight is 597 g/mol. The highest BCUT2D eigenvalue weighted by molar-refractivity contribution is 7.89. The maximum Gasteiger partial charge on any atom is 0.326 e. The molecule has 0 fully saturated rings. The van der Waals surface area contributed by atoms with Crippen molar-refractivity contribution >= 4 is 44.7 Å². The van der Waals surface area contributed by atoms with Crippen LogP contribution in [0.5, 0.6) is 11.5 Å². The highest BCUT2D eigenvalue weighted by Crippen LogP contribution is 2.42. The zero-order valence-corrected chi connectivity index (χ0v) is 22.3. The molecule has 4 aromatic rings. The number of aliphatic carboxylic acids is 2. The number of hydrogen-bond acceptors (Lipinski definition) is 9. The van der Waals surface area contributed by atoms with E-state index < -0.39 is 58.3 Å². The first-order valence-electron chi connectivity index (χ1n) is 11.9. The second-order valence-corrected chi connectivity index (χ2v) is 10.8. The number of phenols is 2. The molecule has 0 aliphatic heterocycles. The summed E-state index contributed by atoms with van der Waals surface area (Å²) in [5.41, 5.74) is 6.71. The first-order valence-corrected chi connectivity index (χ1v) is 13.5. The van der Waals surface area contributed by atoms with Gasteiger partial charge in [-0.1, -0.05) is 0 Å². The second-order valence-electron chi connectivity index (χ2n) is 9.23. The summed E-state index contributed by atoms with van der Waals surface area (Å²) in [5, 5.41) is 55.1. The third-order valence-electron chi connectivity index (χ3n) is 6.18. The number of amides is 1. The highest BCUT2D eigenvalue weighted by atomic mass is 32.2. The maximum atomic E-state index is 12.8. The van der Waals surface area contributed by atoms with E-state index in [-0.39, 0.29) is 38.8 Å². The fourth-order valence-electron chi connectivity index (χ4n) is 4.20. The number of carbonyl (C=O) groups is 3. The lowest BCUT2D eigenvalue weighted by atomic mass is 9.95. The number of carboxylic acid groups (broad SMARTS) is 2. The van der Waals surface area contributed by atoms with Crippen LogP contribution < -0.4 is 16.2 Å². The van der Waals surface area contributed by atoms with Gasteiger partial charge in [0.1, 0.15) is 29.2 Å². The van der Waals surface area contributed by atoms with E-state index in [2.05, 4.69) is 15.3 Å². The van der Waals surface area contributed by atoms with Crippen LogP contribution in [0.2, 0.25) is 0 Å².